The highest BCUT2D eigenvalue weighted by atomic mass is 16.5. The summed E-state index contributed by atoms with van der Waals surface area (Å²) < 4.78 is 10.2. The van der Waals surface area contributed by atoms with Crippen LogP contribution in [-0.2, 0) is 31.3 Å². The first kappa shape index (κ1) is 16.0. The lowest BCUT2D eigenvalue weighted by atomic mass is 10.2. The van der Waals surface area contributed by atoms with Crippen LogP contribution in [0.25, 0.3) is 11.0 Å². The Labute approximate surface area is 152 Å². The number of ether oxygens (including phenoxy) is 1. The molecule has 1 saturated heterocycles. The summed E-state index contributed by atoms with van der Waals surface area (Å²) >= 11 is 0. The van der Waals surface area contributed by atoms with Gasteiger partial charge >= 0.3 is 0 Å². The third-order valence-corrected chi connectivity index (χ3v) is 5.86. The van der Waals surface area contributed by atoms with Crippen LogP contribution in [0.3, 0.4) is 0 Å². The van der Waals surface area contributed by atoms with Crippen molar-refractivity contribution in [1.82, 2.24) is 29.2 Å². The minimum absolute atomic E-state index is 0.226. The number of para-hydroxylation sites is 2. The summed E-state index contributed by atoms with van der Waals surface area (Å²) in [5.74, 6) is 3.30. The van der Waals surface area contributed by atoms with Gasteiger partial charge in [0.25, 0.3) is 0 Å². The Hall–Kier alpha value is -2.25. The van der Waals surface area contributed by atoms with E-state index in [9.17, 15) is 0 Å². The van der Waals surface area contributed by atoms with Crippen LogP contribution in [0.1, 0.15) is 36.4 Å². The minimum Gasteiger partial charge on any atom is -0.380 e. The summed E-state index contributed by atoms with van der Waals surface area (Å²) in [5.41, 5.74) is 2.22. The van der Waals surface area contributed by atoms with Crippen molar-refractivity contribution in [3.8, 4) is 0 Å². The maximum absolute atomic E-state index is 5.69. The molecule has 0 amide bonds. The van der Waals surface area contributed by atoms with Crippen molar-refractivity contribution in [2.75, 3.05) is 13.7 Å². The van der Waals surface area contributed by atoms with Crippen LogP contribution in [0.5, 0.6) is 0 Å². The first-order valence-corrected chi connectivity index (χ1v) is 9.33. The fraction of sp³-hybridized carbons (Fsp3) is 0.526. The lowest BCUT2D eigenvalue weighted by molar-refractivity contribution is 0.107. The van der Waals surface area contributed by atoms with Crippen LogP contribution >= 0.6 is 0 Å². The molecule has 26 heavy (non-hydrogen) atoms. The van der Waals surface area contributed by atoms with Crippen LogP contribution in [0, 0.1) is 0 Å². The van der Waals surface area contributed by atoms with Crippen LogP contribution in [0.2, 0.25) is 0 Å². The molecule has 3 aromatic rings. The van der Waals surface area contributed by atoms with Crippen molar-refractivity contribution in [2.24, 2.45) is 7.05 Å². The van der Waals surface area contributed by atoms with Crippen molar-refractivity contribution in [2.45, 2.75) is 44.5 Å². The second-order valence-corrected chi connectivity index (χ2v) is 7.34. The zero-order chi connectivity index (χ0) is 17.7. The van der Waals surface area contributed by atoms with Gasteiger partial charge in [0.15, 0.2) is 5.82 Å². The molecule has 7 heteroatoms. The van der Waals surface area contributed by atoms with Gasteiger partial charge in [-0.25, -0.2) is 4.98 Å². The molecule has 2 aromatic heterocycles. The molecule has 0 saturated carbocycles. The van der Waals surface area contributed by atoms with E-state index in [0.717, 1.165) is 55.5 Å². The van der Waals surface area contributed by atoms with Crippen molar-refractivity contribution in [3.05, 3.63) is 41.7 Å². The van der Waals surface area contributed by atoms with E-state index < -0.39 is 0 Å². The number of nitrogens with zero attached hydrogens (tertiary/aromatic N) is 6. The number of aromatic nitrogens is 5. The van der Waals surface area contributed by atoms with E-state index in [1.807, 2.05) is 6.07 Å². The number of rotatable bonds is 4. The number of benzene rings is 1. The monoisotopic (exact) mass is 352 g/mol. The highest BCUT2D eigenvalue weighted by Gasteiger charge is 2.38. The van der Waals surface area contributed by atoms with Gasteiger partial charge in [-0.3, -0.25) is 4.90 Å². The summed E-state index contributed by atoms with van der Waals surface area (Å²) in [7, 11) is 3.90. The van der Waals surface area contributed by atoms with Crippen LogP contribution in [0.4, 0.5) is 0 Å². The standard InChI is InChI=1S/C19H24N6O/c1-23-15-7-4-3-6-14(15)20-18(23)12-24-11-13(26-2)10-16(24)19-22-21-17-8-5-9-25(17)19/h3-4,6-7,13,16H,5,8-12H2,1-2H3/t13-,16+/m1/s1. The molecule has 0 spiro atoms. The molecule has 2 aliphatic heterocycles. The second-order valence-electron chi connectivity index (χ2n) is 7.34. The van der Waals surface area contributed by atoms with E-state index in [2.05, 4.69) is 49.5 Å². The normalized spacial score (nSPS) is 23.2. The third kappa shape index (κ3) is 2.46. The molecule has 0 N–H and O–H groups in total. The second kappa shape index (κ2) is 6.17. The smallest absolute Gasteiger partial charge is 0.150 e. The highest BCUT2D eigenvalue weighted by Crippen LogP contribution is 2.35. The van der Waals surface area contributed by atoms with Crippen molar-refractivity contribution < 1.29 is 4.74 Å². The summed E-state index contributed by atoms with van der Waals surface area (Å²) in [6, 6.07) is 8.53. The van der Waals surface area contributed by atoms with Crippen molar-refractivity contribution in [1.29, 1.82) is 0 Å². The molecule has 0 aliphatic carbocycles. The number of hydrogen-bond donors (Lipinski definition) is 0. The van der Waals surface area contributed by atoms with E-state index in [1.54, 1.807) is 7.11 Å². The van der Waals surface area contributed by atoms with Gasteiger partial charge in [0.05, 0.1) is 29.7 Å². The van der Waals surface area contributed by atoms with Crippen molar-refractivity contribution >= 4 is 11.0 Å². The average Bonchev–Trinajstić information content (AvgIpc) is 3.40. The molecular formula is C19H24N6O. The van der Waals surface area contributed by atoms with E-state index in [-0.39, 0.29) is 12.1 Å². The van der Waals surface area contributed by atoms with Crippen molar-refractivity contribution in [3.63, 3.8) is 0 Å². The van der Waals surface area contributed by atoms with Crippen LogP contribution < -0.4 is 0 Å². The average molecular weight is 352 g/mol. The predicted octanol–water partition coefficient (Wildman–Crippen LogP) is 2.07. The quantitative estimate of drug-likeness (QED) is 0.719. The fourth-order valence-corrected chi connectivity index (χ4v) is 4.41. The largest absolute Gasteiger partial charge is 0.380 e. The zero-order valence-corrected chi connectivity index (χ0v) is 15.3. The lowest BCUT2D eigenvalue weighted by Gasteiger charge is -2.23. The van der Waals surface area contributed by atoms with Gasteiger partial charge in [-0.1, -0.05) is 12.1 Å². The van der Waals surface area contributed by atoms with Gasteiger partial charge < -0.3 is 13.9 Å². The number of fused-ring (bicyclic) bond motifs is 2. The molecule has 2 aliphatic rings. The first-order chi connectivity index (χ1) is 12.7. The molecule has 7 nitrogen and oxygen atoms in total. The number of methoxy groups -OCH3 is 1. The molecule has 5 rings (SSSR count). The zero-order valence-electron chi connectivity index (χ0n) is 15.3. The van der Waals surface area contributed by atoms with Gasteiger partial charge in [0.1, 0.15) is 11.6 Å². The third-order valence-electron chi connectivity index (χ3n) is 5.86. The number of imidazole rings is 1. The predicted molar refractivity (Wildman–Crippen MR) is 97.6 cm³/mol. The topological polar surface area (TPSA) is 61.0 Å². The molecular weight excluding hydrogens is 328 g/mol. The summed E-state index contributed by atoms with van der Waals surface area (Å²) in [5, 5.41) is 8.94. The van der Waals surface area contributed by atoms with Gasteiger partial charge in [-0.05, 0) is 25.0 Å². The summed E-state index contributed by atoms with van der Waals surface area (Å²) in [4.78, 5) is 7.30. The number of hydrogen-bond acceptors (Lipinski definition) is 5. The SMILES string of the molecule is CO[C@@H]1C[C@@H](c2nnc3n2CCC3)N(Cc2nc3ccccc3n2C)C1. The van der Waals surface area contributed by atoms with Crippen LogP contribution in [0.15, 0.2) is 24.3 Å². The molecule has 0 unspecified atom stereocenters. The van der Waals surface area contributed by atoms with Gasteiger partial charge in [0.2, 0.25) is 0 Å². The maximum Gasteiger partial charge on any atom is 0.150 e. The fourth-order valence-electron chi connectivity index (χ4n) is 4.41. The minimum atomic E-state index is 0.226. The van der Waals surface area contributed by atoms with Crippen LogP contribution in [-0.4, -0.2) is 49.0 Å². The lowest BCUT2D eigenvalue weighted by Crippen LogP contribution is -2.27. The van der Waals surface area contributed by atoms with Gasteiger partial charge in [-0.15, -0.1) is 10.2 Å². The molecule has 1 fully saturated rings. The van der Waals surface area contributed by atoms with E-state index >= 15 is 0 Å². The first-order valence-electron chi connectivity index (χ1n) is 9.33. The Balaban J connectivity index is 1.48. The maximum atomic E-state index is 5.69. The Morgan fingerprint density at radius 3 is 2.96 bits per heavy atom. The van der Waals surface area contributed by atoms with Gasteiger partial charge in [-0.2, -0.15) is 0 Å². The molecule has 136 valence electrons. The molecule has 0 bridgehead atoms. The molecule has 2 atom stereocenters. The highest BCUT2D eigenvalue weighted by molar-refractivity contribution is 5.75. The van der Waals surface area contributed by atoms with E-state index in [1.165, 1.54) is 11.9 Å². The molecule has 0 radical (unpaired) electrons. The Kier molecular flexibility index (Phi) is 3.79. The van der Waals surface area contributed by atoms with E-state index in [0.29, 0.717) is 0 Å². The Bertz CT molecular complexity index is 945. The van der Waals surface area contributed by atoms with E-state index in [4.69, 9.17) is 9.72 Å². The Morgan fingerprint density at radius 1 is 1.23 bits per heavy atom. The summed E-state index contributed by atoms with van der Waals surface area (Å²) in [6.07, 6.45) is 3.39. The number of likely N-dealkylation sites (tertiary alicyclic amines) is 1. The number of aryl methyl sites for hydroxylation is 2. The molecule has 4 heterocycles. The molecule has 1 aromatic carbocycles. The summed E-state index contributed by atoms with van der Waals surface area (Å²) in [6.45, 7) is 2.72. The van der Waals surface area contributed by atoms with Gasteiger partial charge in [0, 0.05) is 33.7 Å². The Morgan fingerprint density at radius 2 is 2.12 bits per heavy atom.